The number of ether oxygens (including phenoxy) is 1. The molecular formula is C23H28N2O3. The third-order valence-corrected chi connectivity index (χ3v) is 4.93. The van der Waals surface area contributed by atoms with Crippen LogP contribution in [0.4, 0.5) is 5.69 Å². The monoisotopic (exact) mass is 380 g/mol. The first-order chi connectivity index (χ1) is 13.5. The molecular weight excluding hydrogens is 352 g/mol. The number of carbonyl (C=O) groups excluding carboxylic acids is 2. The molecule has 0 bridgehead atoms. The van der Waals surface area contributed by atoms with Crippen LogP contribution in [-0.2, 0) is 16.2 Å². The highest BCUT2D eigenvalue weighted by Crippen LogP contribution is 2.22. The second-order valence-electron chi connectivity index (χ2n) is 7.71. The molecule has 2 aromatic carbocycles. The Morgan fingerprint density at radius 3 is 2.54 bits per heavy atom. The molecule has 1 N–H and O–H groups in total. The SMILES string of the molecule is CC(C)CCN1CC(C(=O)Nc2ccc(OCc3ccccc3)cc2)CC1=O. The number of carbonyl (C=O) groups is 2. The summed E-state index contributed by atoms with van der Waals surface area (Å²) in [4.78, 5) is 26.4. The summed E-state index contributed by atoms with van der Waals surface area (Å²) < 4.78 is 5.76. The zero-order valence-electron chi connectivity index (χ0n) is 16.6. The highest BCUT2D eigenvalue weighted by atomic mass is 16.5. The minimum Gasteiger partial charge on any atom is -0.489 e. The largest absolute Gasteiger partial charge is 0.489 e. The Labute approximate surface area is 166 Å². The molecule has 1 fully saturated rings. The van der Waals surface area contributed by atoms with Gasteiger partial charge in [0.15, 0.2) is 0 Å². The van der Waals surface area contributed by atoms with Gasteiger partial charge in [-0.2, -0.15) is 0 Å². The second kappa shape index (κ2) is 9.40. The predicted octanol–water partition coefficient (Wildman–Crippen LogP) is 4.10. The number of nitrogens with one attached hydrogen (secondary N) is 1. The molecule has 0 spiro atoms. The molecule has 1 aliphatic heterocycles. The van der Waals surface area contributed by atoms with Crippen LogP contribution in [0.5, 0.6) is 5.75 Å². The van der Waals surface area contributed by atoms with Gasteiger partial charge in [0.25, 0.3) is 0 Å². The first-order valence-corrected chi connectivity index (χ1v) is 9.86. The van der Waals surface area contributed by atoms with Crippen LogP contribution in [-0.4, -0.2) is 29.8 Å². The first kappa shape index (κ1) is 19.9. The summed E-state index contributed by atoms with van der Waals surface area (Å²) in [5, 5.41) is 2.92. The van der Waals surface area contributed by atoms with Gasteiger partial charge in [0.1, 0.15) is 12.4 Å². The van der Waals surface area contributed by atoms with Crippen molar-refractivity contribution in [2.45, 2.75) is 33.3 Å². The fourth-order valence-electron chi connectivity index (χ4n) is 3.20. The molecule has 3 rings (SSSR count). The number of likely N-dealkylation sites (tertiary alicyclic amines) is 1. The summed E-state index contributed by atoms with van der Waals surface area (Å²) >= 11 is 0. The molecule has 148 valence electrons. The average Bonchev–Trinajstić information content (AvgIpc) is 3.07. The van der Waals surface area contributed by atoms with Gasteiger partial charge in [0, 0.05) is 25.2 Å². The summed E-state index contributed by atoms with van der Waals surface area (Å²) in [6.07, 6.45) is 1.26. The number of amides is 2. The van der Waals surface area contributed by atoms with Gasteiger partial charge in [0.2, 0.25) is 11.8 Å². The van der Waals surface area contributed by atoms with Crippen molar-refractivity contribution in [2.24, 2.45) is 11.8 Å². The lowest BCUT2D eigenvalue weighted by Gasteiger charge is -2.17. The number of benzene rings is 2. The molecule has 5 heteroatoms. The van der Waals surface area contributed by atoms with E-state index in [1.165, 1.54) is 0 Å². The van der Waals surface area contributed by atoms with Crippen molar-refractivity contribution < 1.29 is 14.3 Å². The van der Waals surface area contributed by atoms with E-state index in [1.807, 2.05) is 59.5 Å². The summed E-state index contributed by atoms with van der Waals surface area (Å²) in [6, 6.07) is 17.3. The van der Waals surface area contributed by atoms with Crippen molar-refractivity contribution >= 4 is 17.5 Å². The van der Waals surface area contributed by atoms with Crippen LogP contribution in [0, 0.1) is 11.8 Å². The first-order valence-electron chi connectivity index (χ1n) is 9.86. The fourth-order valence-corrected chi connectivity index (χ4v) is 3.20. The number of rotatable bonds is 8. The summed E-state index contributed by atoms with van der Waals surface area (Å²) in [7, 11) is 0. The van der Waals surface area contributed by atoms with Gasteiger partial charge in [-0.25, -0.2) is 0 Å². The molecule has 1 saturated heterocycles. The highest BCUT2D eigenvalue weighted by Gasteiger charge is 2.34. The van der Waals surface area contributed by atoms with Crippen LogP contribution in [0.3, 0.4) is 0 Å². The maximum absolute atomic E-state index is 12.5. The zero-order valence-corrected chi connectivity index (χ0v) is 16.6. The van der Waals surface area contributed by atoms with Crippen molar-refractivity contribution in [3.63, 3.8) is 0 Å². The molecule has 1 aliphatic rings. The smallest absolute Gasteiger partial charge is 0.229 e. The lowest BCUT2D eigenvalue weighted by Crippen LogP contribution is -2.29. The van der Waals surface area contributed by atoms with E-state index in [4.69, 9.17) is 4.74 Å². The van der Waals surface area contributed by atoms with Crippen LogP contribution < -0.4 is 10.1 Å². The van der Waals surface area contributed by atoms with E-state index in [0.29, 0.717) is 31.2 Å². The Bertz CT molecular complexity index is 787. The summed E-state index contributed by atoms with van der Waals surface area (Å²) in [5.41, 5.74) is 1.82. The fraction of sp³-hybridized carbons (Fsp3) is 0.391. The van der Waals surface area contributed by atoms with Crippen molar-refractivity contribution in [3.05, 3.63) is 60.2 Å². The molecule has 2 aromatic rings. The van der Waals surface area contributed by atoms with Gasteiger partial charge in [-0.05, 0) is 42.2 Å². The molecule has 0 radical (unpaired) electrons. The predicted molar refractivity (Wildman–Crippen MR) is 110 cm³/mol. The van der Waals surface area contributed by atoms with Crippen molar-refractivity contribution in [3.8, 4) is 5.75 Å². The highest BCUT2D eigenvalue weighted by molar-refractivity contribution is 5.97. The molecule has 1 heterocycles. The minimum atomic E-state index is -0.284. The van der Waals surface area contributed by atoms with E-state index < -0.39 is 0 Å². The van der Waals surface area contributed by atoms with Gasteiger partial charge >= 0.3 is 0 Å². The van der Waals surface area contributed by atoms with Crippen LogP contribution in [0.15, 0.2) is 54.6 Å². The Balaban J connectivity index is 1.48. The van der Waals surface area contributed by atoms with Gasteiger partial charge in [-0.1, -0.05) is 44.2 Å². The van der Waals surface area contributed by atoms with E-state index in [0.717, 1.165) is 24.3 Å². The molecule has 28 heavy (non-hydrogen) atoms. The van der Waals surface area contributed by atoms with Gasteiger partial charge in [-0.3, -0.25) is 9.59 Å². The molecule has 0 aromatic heterocycles. The maximum Gasteiger partial charge on any atom is 0.229 e. The van der Waals surface area contributed by atoms with Crippen molar-refractivity contribution in [2.75, 3.05) is 18.4 Å². The van der Waals surface area contributed by atoms with E-state index in [-0.39, 0.29) is 17.7 Å². The second-order valence-corrected chi connectivity index (χ2v) is 7.71. The molecule has 0 saturated carbocycles. The van der Waals surface area contributed by atoms with E-state index >= 15 is 0 Å². The third-order valence-electron chi connectivity index (χ3n) is 4.93. The van der Waals surface area contributed by atoms with Gasteiger partial charge in [-0.15, -0.1) is 0 Å². The van der Waals surface area contributed by atoms with Crippen LogP contribution in [0.25, 0.3) is 0 Å². The van der Waals surface area contributed by atoms with Crippen LogP contribution >= 0.6 is 0 Å². The Morgan fingerprint density at radius 1 is 1.14 bits per heavy atom. The zero-order chi connectivity index (χ0) is 19.9. The Morgan fingerprint density at radius 2 is 1.86 bits per heavy atom. The van der Waals surface area contributed by atoms with E-state index in [1.54, 1.807) is 0 Å². The van der Waals surface area contributed by atoms with E-state index in [9.17, 15) is 9.59 Å². The lowest BCUT2D eigenvalue weighted by molar-refractivity contribution is -0.128. The average molecular weight is 380 g/mol. The minimum absolute atomic E-state index is 0.0745. The lowest BCUT2D eigenvalue weighted by atomic mass is 10.1. The summed E-state index contributed by atoms with van der Waals surface area (Å²) in [6.45, 7) is 6.02. The van der Waals surface area contributed by atoms with Gasteiger partial charge < -0.3 is 15.0 Å². The molecule has 0 aliphatic carbocycles. The number of hydrogen-bond acceptors (Lipinski definition) is 3. The normalized spacial score (nSPS) is 16.5. The molecule has 2 amide bonds. The number of hydrogen-bond donors (Lipinski definition) is 1. The molecule has 5 nitrogen and oxygen atoms in total. The standard InChI is InChI=1S/C23H28N2O3/c1-17(2)12-13-25-15-19(14-22(25)26)23(27)24-20-8-10-21(11-9-20)28-16-18-6-4-3-5-7-18/h3-11,17,19H,12-16H2,1-2H3,(H,24,27). The number of nitrogens with zero attached hydrogens (tertiary/aromatic N) is 1. The maximum atomic E-state index is 12.5. The van der Waals surface area contributed by atoms with Crippen molar-refractivity contribution in [1.82, 2.24) is 4.90 Å². The topological polar surface area (TPSA) is 58.6 Å². The summed E-state index contributed by atoms with van der Waals surface area (Å²) in [5.74, 6) is 0.985. The number of anilines is 1. The van der Waals surface area contributed by atoms with Crippen LogP contribution in [0.1, 0.15) is 32.3 Å². The Hall–Kier alpha value is -2.82. The van der Waals surface area contributed by atoms with Gasteiger partial charge in [0.05, 0.1) is 5.92 Å². The Kier molecular flexibility index (Phi) is 6.69. The molecule has 1 unspecified atom stereocenters. The van der Waals surface area contributed by atoms with E-state index in [2.05, 4.69) is 19.2 Å². The quantitative estimate of drug-likeness (QED) is 0.750. The third kappa shape index (κ3) is 5.59. The van der Waals surface area contributed by atoms with Crippen LogP contribution in [0.2, 0.25) is 0 Å². The molecule has 1 atom stereocenters. The van der Waals surface area contributed by atoms with Crippen molar-refractivity contribution in [1.29, 1.82) is 0 Å².